The van der Waals surface area contributed by atoms with E-state index in [-0.39, 0.29) is 28.8 Å². The molecule has 3 rings (SSSR count). The fraction of sp³-hybridized carbons (Fsp3) is 0.471. The molecule has 25 heavy (non-hydrogen) atoms. The predicted octanol–water partition coefficient (Wildman–Crippen LogP) is 2.00. The van der Waals surface area contributed by atoms with Crippen LogP contribution in [0.15, 0.2) is 18.2 Å². The van der Waals surface area contributed by atoms with Gasteiger partial charge in [-0.1, -0.05) is 17.8 Å². The van der Waals surface area contributed by atoms with Crippen LogP contribution in [0.3, 0.4) is 0 Å². The van der Waals surface area contributed by atoms with Gasteiger partial charge in [0.25, 0.3) is 11.1 Å². The predicted molar refractivity (Wildman–Crippen MR) is 93.2 cm³/mol. The van der Waals surface area contributed by atoms with E-state index in [0.29, 0.717) is 43.0 Å². The lowest BCUT2D eigenvalue weighted by Gasteiger charge is -2.35. The van der Waals surface area contributed by atoms with Crippen LogP contribution in [0.2, 0.25) is 0 Å². The highest BCUT2D eigenvalue weighted by Crippen LogP contribution is 2.33. The van der Waals surface area contributed by atoms with E-state index < -0.39 is 0 Å². The number of rotatable bonds is 4. The SMILES string of the molecule is COc1cccc(C(=O)N2CCC(N3C(=O)CSC3=O)CC2)c1OC. The largest absolute Gasteiger partial charge is 0.493 e. The van der Waals surface area contributed by atoms with Crippen LogP contribution in [-0.2, 0) is 4.79 Å². The number of thioether (sulfide) groups is 1. The van der Waals surface area contributed by atoms with Gasteiger partial charge >= 0.3 is 0 Å². The lowest BCUT2D eigenvalue weighted by Crippen LogP contribution is -2.48. The van der Waals surface area contributed by atoms with E-state index >= 15 is 0 Å². The standard InChI is InChI=1S/C17H20N2O5S/c1-23-13-5-3-4-12(15(13)24-2)16(21)18-8-6-11(7-9-18)19-14(20)10-25-17(19)22/h3-5,11H,6-10H2,1-2H3. The number of para-hydroxylation sites is 1. The lowest BCUT2D eigenvalue weighted by atomic mass is 10.0. The Morgan fingerprint density at radius 2 is 1.88 bits per heavy atom. The zero-order chi connectivity index (χ0) is 18.0. The third-order valence-electron chi connectivity index (χ3n) is 4.53. The minimum Gasteiger partial charge on any atom is -0.493 e. The van der Waals surface area contributed by atoms with E-state index in [9.17, 15) is 14.4 Å². The normalized spacial score (nSPS) is 18.6. The first-order valence-corrected chi connectivity index (χ1v) is 9.04. The molecular formula is C17H20N2O5S. The number of carbonyl (C=O) groups excluding carboxylic acids is 3. The summed E-state index contributed by atoms with van der Waals surface area (Å²) < 4.78 is 10.6. The van der Waals surface area contributed by atoms with Crippen molar-refractivity contribution in [3.63, 3.8) is 0 Å². The number of hydrogen-bond donors (Lipinski definition) is 0. The number of methoxy groups -OCH3 is 2. The minimum absolute atomic E-state index is 0.119. The topological polar surface area (TPSA) is 76.2 Å². The van der Waals surface area contributed by atoms with Gasteiger partial charge in [0.15, 0.2) is 11.5 Å². The van der Waals surface area contributed by atoms with E-state index in [4.69, 9.17) is 9.47 Å². The van der Waals surface area contributed by atoms with Crippen LogP contribution in [0, 0.1) is 0 Å². The molecule has 0 radical (unpaired) electrons. The number of benzene rings is 1. The van der Waals surface area contributed by atoms with Gasteiger partial charge in [-0.2, -0.15) is 0 Å². The minimum atomic E-state index is -0.177. The van der Waals surface area contributed by atoms with E-state index in [1.807, 2.05) is 0 Å². The second kappa shape index (κ2) is 7.35. The molecule has 1 aromatic rings. The van der Waals surface area contributed by atoms with Crippen molar-refractivity contribution >= 4 is 28.8 Å². The molecule has 2 fully saturated rings. The monoisotopic (exact) mass is 364 g/mol. The summed E-state index contributed by atoms with van der Waals surface area (Å²) >= 11 is 1.05. The van der Waals surface area contributed by atoms with Crippen molar-refractivity contribution in [3.05, 3.63) is 23.8 Å². The number of piperidine rings is 1. The van der Waals surface area contributed by atoms with Gasteiger partial charge in [-0.15, -0.1) is 0 Å². The van der Waals surface area contributed by atoms with Crippen molar-refractivity contribution in [2.24, 2.45) is 0 Å². The fourth-order valence-electron chi connectivity index (χ4n) is 3.27. The van der Waals surface area contributed by atoms with E-state index in [2.05, 4.69) is 0 Å². The number of imide groups is 1. The lowest BCUT2D eigenvalue weighted by molar-refractivity contribution is -0.126. The maximum absolute atomic E-state index is 12.8. The third kappa shape index (κ3) is 3.30. The summed E-state index contributed by atoms with van der Waals surface area (Å²) in [7, 11) is 3.03. The van der Waals surface area contributed by atoms with Crippen LogP contribution in [0.5, 0.6) is 11.5 Å². The van der Waals surface area contributed by atoms with Gasteiger partial charge in [-0.25, -0.2) is 0 Å². The van der Waals surface area contributed by atoms with E-state index in [1.165, 1.54) is 19.1 Å². The molecular weight excluding hydrogens is 344 g/mol. The Labute approximate surface area is 150 Å². The zero-order valence-corrected chi connectivity index (χ0v) is 15.0. The second-order valence-electron chi connectivity index (χ2n) is 5.88. The Bertz CT molecular complexity index is 684. The molecule has 3 amide bonds. The van der Waals surface area contributed by atoms with Gasteiger partial charge in [-0.3, -0.25) is 19.3 Å². The third-order valence-corrected chi connectivity index (χ3v) is 5.37. The Hall–Kier alpha value is -2.22. The van der Waals surface area contributed by atoms with E-state index in [1.54, 1.807) is 23.1 Å². The molecule has 2 heterocycles. The van der Waals surface area contributed by atoms with Gasteiger partial charge in [0.05, 0.1) is 25.5 Å². The summed E-state index contributed by atoms with van der Waals surface area (Å²) in [6, 6.07) is 5.08. The van der Waals surface area contributed by atoms with Crippen molar-refractivity contribution in [1.82, 2.24) is 9.80 Å². The highest BCUT2D eigenvalue weighted by atomic mass is 32.2. The molecule has 0 bridgehead atoms. The smallest absolute Gasteiger partial charge is 0.289 e. The number of hydrogen-bond acceptors (Lipinski definition) is 6. The molecule has 2 aliphatic rings. The van der Waals surface area contributed by atoms with Crippen LogP contribution < -0.4 is 9.47 Å². The molecule has 0 unspecified atom stereocenters. The van der Waals surface area contributed by atoms with Crippen LogP contribution in [0.4, 0.5) is 4.79 Å². The molecule has 0 atom stereocenters. The van der Waals surface area contributed by atoms with Gasteiger partial charge < -0.3 is 14.4 Å². The maximum atomic E-state index is 12.8. The first kappa shape index (κ1) is 17.6. The van der Waals surface area contributed by atoms with Crippen molar-refractivity contribution < 1.29 is 23.9 Å². The maximum Gasteiger partial charge on any atom is 0.289 e. The van der Waals surface area contributed by atoms with E-state index in [0.717, 1.165) is 11.8 Å². The Morgan fingerprint density at radius 3 is 2.44 bits per heavy atom. The molecule has 0 N–H and O–H groups in total. The summed E-state index contributed by atoms with van der Waals surface area (Å²) in [6.45, 7) is 0.983. The number of likely N-dealkylation sites (tertiary alicyclic amines) is 1. The van der Waals surface area contributed by atoms with Crippen molar-refractivity contribution in [3.8, 4) is 11.5 Å². The van der Waals surface area contributed by atoms with Crippen LogP contribution in [0.25, 0.3) is 0 Å². The number of ether oxygens (including phenoxy) is 2. The van der Waals surface area contributed by atoms with Crippen molar-refractivity contribution in [2.45, 2.75) is 18.9 Å². The molecule has 2 aliphatic heterocycles. The molecule has 1 aromatic carbocycles. The molecule has 7 nitrogen and oxygen atoms in total. The molecule has 0 aliphatic carbocycles. The number of carbonyl (C=O) groups is 3. The van der Waals surface area contributed by atoms with Crippen LogP contribution >= 0.6 is 11.8 Å². The first-order chi connectivity index (χ1) is 12.1. The van der Waals surface area contributed by atoms with Gasteiger partial charge in [-0.05, 0) is 25.0 Å². The summed E-state index contributed by atoms with van der Waals surface area (Å²) in [6.07, 6.45) is 1.19. The molecule has 0 saturated carbocycles. The average Bonchev–Trinajstić information content (AvgIpc) is 2.98. The summed E-state index contributed by atoms with van der Waals surface area (Å²) in [4.78, 5) is 39.6. The quantitative estimate of drug-likeness (QED) is 0.813. The number of nitrogens with zero attached hydrogens (tertiary/aromatic N) is 2. The molecule has 0 spiro atoms. The highest BCUT2D eigenvalue weighted by molar-refractivity contribution is 8.14. The van der Waals surface area contributed by atoms with Crippen molar-refractivity contribution in [1.29, 1.82) is 0 Å². The zero-order valence-electron chi connectivity index (χ0n) is 14.2. The van der Waals surface area contributed by atoms with Gasteiger partial charge in [0, 0.05) is 19.1 Å². The Balaban J connectivity index is 1.70. The molecule has 134 valence electrons. The Kier molecular flexibility index (Phi) is 5.17. The fourth-order valence-corrected chi connectivity index (χ4v) is 4.05. The Morgan fingerprint density at radius 1 is 1.16 bits per heavy atom. The van der Waals surface area contributed by atoms with Gasteiger partial charge in [0.1, 0.15) is 0 Å². The molecule has 0 aromatic heterocycles. The summed E-state index contributed by atoms with van der Waals surface area (Å²) in [5.41, 5.74) is 0.448. The first-order valence-electron chi connectivity index (χ1n) is 8.06. The average molecular weight is 364 g/mol. The molecule has 2 saturated heterocycles. The van der Waals surface area contributed by atoms with Crippen molar-refractivity contribution in [2.75, 3.05) is 33.1 Å². The summed E-state index contributed by atoms with van der Waals surface area (Å²) in [5, 5.41) is -0.177. The van der Waals surface area contributed by atoms with Crippen LogP contribution in [0.1, 0.15) is 23.2 Å². The second-order valence-corrected chi connectivity index (χ2v) is 6.81. The summed E-state index contributed by atoms with van der Waals surface area (Å²) in [5.74, 6) is 0.878. The number of amides is 3. The molecule has 8 heteroatoms. The van der Waals surface area contributed by atoms with Gasteiger partial charge in [0.2, 0.25) is 5.91 Å². The highest BCUT2D eigenvalue weighted by Gasteiger charge is 2.38. The van der Waals surface area contributed by atoms with Crippen LogP contribution in [-0.4, -0.2) is 66.0 Å².